The van der Waals surface area contributed by atoms with Gasteiger partial charge in [0.2, 0.25) is 0 Å². The number of aliphatic hydroxyl groups is 1. The monoisotopic (exact) mass is 296 g/mol. The Bertz CT molecular complexity index is 641. The Morgan fingerprint density at radius 3 is 2.40 bits per heavy atom. The molecule has 0 aliphatic heterocycles. The van der Waals surface area contributed by atoms with E-state index in [0.717, 1.165) is 28.8 Å². The molecule has 0 bridgehead atoms. The third kappa shape index (κ3) is 3.17. The van der Waals surface area contributed by atoms with Gasteiger partial charge in [0.05, 0.1) is 6.10 Å². The summed E-state index contributed by atoms with van der Waals surface area (Å²) in [4.78, 5) is 0. The summed E-state index contributed by atoms with van der Waals surface area (Å²) < 4.78 is 26.0. The molecule has 1 nitrogen and oxygen atoms in total. The molecule has 0 fully saturated rings. The summed E-state index contributed by atoms with van der Waals surface area (Å²) in [6, 6.07) is 7.26. The lowest BCUT2D eigenvalue weighted by Gasteiger charge is -2.15. The van der Waals surface area contributed by atoms with E-state index < -0.39 is 17.7 Å². The van der Waals surface area contributed by atoms with Crippen LogP contribution in [-0.4, -0.2) is 5.11 Å². The maximum atomic E-state index is 13.2. The quantitative estimate of drug-likeness (QED) is 0.883. The van der Waals surface area contributed by atoms with Crippen LogP contribution in [0.4, 0.5) is 8.78 Å². The average Bonchev–Trinajstić information content (AvgIpc) is 2.38. The van der Waals surface area contributed by atoms with Crippen LogP contribution >= 0.6 is 11.6 Å². The van der Waals surface area contributed by atoms with Crippen LogP contribution in [0.1, 0.15) is 28.4 Å². The van der Waals surface area contributed by atoms with Crippen LogP contribution in [0, 0.1) is 25.5 Å². The van der Waals surface area contributed by atoms with E-state index in [1.807, 2.05) is 19.9 Å². The minimum Gasteiger partial charge on any atom is -0.388 e. The number of benzene rings is 2. The van der Waals surface area contributed by atoms with Crippen LogP contribution in [0.2, 0.25) is 5.02 Å². The van der Waals surface area contributed by atoms with Gasteiger partial charge in [0, 0.05) is 11.4 Å². The summed E-state index contributed by atoms with van der Waals surface area (Å²) in [7, 11) is 0. The Hall–Kier alpha value is -1.45. The van der Waals surface area contributed by atoms with Crippen molar-refractivity contribution in [2.24, 2.45) is 0 Å². The van der Waals surface area contributed by atoms with Crippen molar-refractivity contribution in [1.29, 1.82) is 0 Å². The number of hydrogen-bond donors (Lipinski definition) is 1. The van der Waals surface area contributed by atoms with Gasteiger partial charge in [-0.2, -0.15) is 0 Å². The molecule has 0 heterocycles. The number of aliphatic hydroxyl groups excluding tert-OH is 1. The van der Waals surface area contributed by atoms with Gasteiger partial charge in [-0.3, -0.25) is 0 Å². The Labute approximate surface area is 121 Å². The summed E-state index contributed by atoms with van der Waals surface area (Å²) in [5.74, 6) is -1.79. The summed E-state index contributed by atoms with van der Waals surface area (Å²) in [5.41, 5.74) is 3.03. The average molecular weight is 297 g/mol. The topological polar surface area (TPSA) is 20.2 Å². The van der Waals surface area contributed by atoms with Crippen LogP contribution in [0.15, 0.2) is 30.3 Å². The highest BCUT2D eigenvalue weighted by Gasteiger charge is 2.14. The van der Waals surface area contributed by atoms with Gasteiger partial charge in [-0.15, -0.1) is 0 Å². The smallest absolute Gasteiger partial charge is 0.159 e. The SMILES string of the molecule is Cc1cc(C(O)Cc2ccc(F)c(F)c2)c(C)cc1Cl. The molecule has 4 heteroatoms. The van der Waals surface area contributed by atoms with Crippen molar-refractivity contribution in [3.8, 4) is 0 Å². The van der Waals surface area contributed by atoms with Gasteiger partial charge < -0.3 is 5.11 Å². The molecule has 0 radical (unpaired) electrons. The Balaban J connectivity index is 2.25. The minimum absolute atomic E-state index is 0.221. The lowest BCUT2D eigenvalue weighted by atomic mass is 9.96. The van der Waals surface area contributed by atoms with Crippen molar-refractivity contribution in [1.82, 2.24) is 0 Å². The second kappa shape index (κ2) is 5.90. The molecular formula is C16H15ClF2O. The van der Waals surface area contributed by atoms with Crippen LogP contribution in [0.3, 0.4) is 0 Å². The van der Waals surface area contributed by atoms with Crippen LogP contribution in [0.5, 0.6) is 0 Å². The number of hydrogen-bond acceptors (Lipinski definition) is 1. The molecule has 0 saturated carbocycles. The fourth-order valence-corrected chi connectivity index (χ4v) is 2.38. The molecule has 0 aliphatic carbocycles. The molecule has 2 aromatic rings. The van der Waals surface area contributed by atoms with Crippen LogP contribution < -0.4 is 0 Å². The molecule has 1 atom stereocenters. The molecule has 0 spiro atoms. The molecule has 106 valence electrons. The molecule has 0 aliphatic rings. The summed E-state index contributed by atoms with van der Waals surface area (Å²) in [6.07, 6.45) is -0.560. The van der Waals surface area contributed by atoms with Crippen molar-refractivity contribution in [3.63, 3.8) is 0 Å². The van der Waals surface area contributed by atoms with E-state index in [-0.39, 0.29) is 6.42 Å². The molecule has 2 rings (SSSR count). The van der Waals surface area contributed by atoms with E-state index in [9.17, 15) is 13.9 Å². The highest BCUT2D eigenvalue weighted by atomic mass is 35.5. The number of halogens is 3. The number of aryl methyl sites for hydroxylation is 2. The molecule has 0 aromatic heterocycles. The second-order valence-electron chi connectivity index (χ2n) is 4.93. The Kier molecular flexibility index (Phi) is 4.41. The van der Waals surface area contributed by atoms with Crippen molar-refractivity contribution in [2.45, 2.75) is 26.4 Å². The lowest BCUT2D eigenvalue weighted by Crippen LogP contribution is -2.05. The largest absolute Gasteiger partial charge is 0.388 e. The molecule has 1 N–H and O–H groups in total. The maximum absolute atomic E-state index is 13.2. The minimum atomic E-state index is -0.904. The van der Waals surface area contributed by atoms with Gasteiger partial charge in [0.1, 0.15) is 0 Å². The summed E-state index contributed by atoms with van der Waals surface area (Å²) >= 11 is 6.02. The van der Waals surface area contributed by atoms with Gasteiger partial charge in [-0.25, -0.2) is 8.78 Å². The first-order chi connectivity index (χ1) is 9.38. The van der Waals surface area contributed by atoms with Gasteiger partial charge in [-0.1, -0.05) is 23.7 Å². The standard InChI is InChI=1S/C16H15ClF2O/c1-9-6-13(17)10(2)5-12(9)16(20)8-11-3-4-14(18)15(19)7-11/h3-7,16,20H,8H2,1-2H3. The van der Waals surface area contributed by atoms with Gasteiger partial charge in [0.25, 0.3) is 0 Å². The van der Waals surface area contributed by atoms with E-state index in [1.165, 1.54) is 6.07 Å². The van der Waals surface area contributed by atoms with E-state index in [0.29, 0.717) is 10.6 Å². The van der Waals surface area contributed by atoms with Gasteiger partial charge >= 0.3 is 0 Å². The predicted octanol–water partition coefficient (Wildman–Crippen LogP) is 4.51. The highest BCUT2D eigenvalue weighted by Crippen LogP contribution is 2.27. The Morgan fingerprint density at radius 1 is 1.05 bits per heavy atom. The molecule has 2 aromatic carbocycles. The van der Waals surface area contributed by atoms with Crippen LogP contribution in [-0.2, 0) is 6.42 Å². The fraction of sp³-hybridized carbons (Fsp3) is 0.250. The zero-order chi connectivity index (χ0) is 14.9. The Morgan fingerprint density at radius 2 is 1.75 bits per heavy atom. The summed E-state index contributed by atoms with van der Waals surface area (Å²) in [5, 5.41) is 10.9. The molecular weight excluding hydrogens is 282 g/mol. The lowest BCUT2D eigenvalue weighted by molar-refractivity contribution is 0.177. The molecule has 1 unspecified atom stereocenters. The van der Waals surface area contributed by atoms with E-state index in [1.54, 1.807) is 6.07 Å². The van der Waals surface area contributed by atoms with Crippen molar-refractivity contribution in [2.75, 3.05) is 0 Å². The highest BCUT2D eigenvalue weighted by molar-refractivity contribution is 6.31. The van der Waals surface area contributed by atoms with Crippen molar-refractivity contribution < 1.29 is 13.9 Å². The maximum Gasteiger partial charge on any atom is 0.159 e. The van der Waals surface area contributed by atoms with Crippen molar-refractivity contribution in [3.05, 3.63) is 69.2 Å². The zero-order valence-electron chi connectivity index (χ0n) is 11.3. The fourth-order valence-electron chi connectivity index (χ4n) is 2.16. The number of rotatable bonds is 3. The van der Waals surface area contributed by atoms with Crippen LogP contribution in [0.25, 0.3) is 0 Å². The normalized spacial score (nSPS) is 12.5. The third-order valence-corrected chi connectivity index (χ3v) is 3.73. The van der Waals surface area contributed by atoms with E-state index >= 15 is 0 Å². The molecule has 20 heavy (non-hydrogen) atoms. The second-order valence-corrected chi connectivity index (χ2v) is 5.33. The van der Waals surface area contributed by atoms with E-state index in [4.69, 9.17) is 11.6 Å². The van der Waals surface area contributed by atoms with Gasteiger partial charge in [0.15, 0.2) is 11.6 Å². The molecule has 0 saturated heterocycles. The van der Waals surface area contributed by atoms with Crippen molar-refractivity contribution >= 4 is 11.6 Å². The first-order valence-electron chi connectivity index (χ1n) is 6.27. The first kappa shape index (κ1) is 14.9. The first-order valence-corrected chi connectivity index (χ1v) is 6.65. The zero-order valence-corrected chi connectivity index (χ0v) is 12.0. The third-order valence-electron chi connectivity index (χ3n) is 3.32. The predicted molar refractivity (Wildman–Crippen MR) is 75.9 cm³/mol. The summed E-state index contributed by atoms with van der Waals surface area (Å²) in [6.45, 7) is 3.71. The molecule has 0 amide bonds. The van der Waals surface area contributed by atoms with Gasteiger partial charge in [-0.05, 0) is 54.3 Å². The van der Waals surface area contributed by atoms with E-state index in [2.05, 4.69) is 0 Å².